The second-order valence-corrected chi connectivity index (χ2v) is 12.3. The fraction of sp³-hybridized carbons (Fsp3) is 0.611. The molecule has 1 aromatic rings. The van der Waals surface area contributed by atoms with Crippen molar-refractivity contribution in [1.29, 1.82) is 0 Å². The Bertz CT molecular complexity index is 460. The zero-order valence-electron chi connectivity index (χ0n) is 14.6. The van der Waals surface area contributed by atoms with Crippen LogP contribution in [0.25, 0.3) is 0 Å². The van der Waals surface area contributed by atoms with Gasteiger partial charge in [0.05, 0.1) is 0 Å². The summed E-state index contributed by atoms with van der Waals surface area (Å²) in [5.41, 5.74) is 0.796. The summed E-state index contributed by atoms with van der Waals surface area (Å²) in [6.07, 6.45) is 0.897. The molecule has 0 aromatic heterocycles. The third-order valence-electron chi connectivity index (χ3n) is 4.49. The van der Waals surface area contributed by atoms with Crippen LogP contribution in [-0.2, 0) is 4.43 Å². The van der Waals surface area contributed by atoms with E-state index in [2.05, 4.69) is 40.8 Å². The van der Waals surface area contributed by atoms with Crippen LogP contribution < -0.4 is 0 Å². The van der Waals surface area contributed by atoms with E-state index < -0.39 is 8.32 Å². The van der Waals surface area contributed by atoms with Gasteiger partial charge in [0, 0.05) is 17.6 Å². The molecule has 2 nitrogen and oxygen atoms in total. The van der Waals surface area contributed by atoms with Crippen LogP contribution in [0.1, 0.15) is 51.4 Å². The highest BCUT2D eigenvalue weighted by Crippen LogP contribution is 2.37. The molecular formula is C18H30O2Si. The summed E-state index contributed by atoms with van der Waals surface area (Å²) in [6.45, 7) is 15.3. The third-order valence-corrected chi connectivity index (χ3v) is 9.10. The van der Waals surface area contributed by atoms with Gasteiger partial charge in [-0.1, -0.05) is 58.0 Å². The van der Waals surface area contributed by atoms with Crippen molar-refractivity contribution in [3.8, 4) is 0 Å². The molecule has 21 heavy (non-hydrogen) atoms. The van der Waals surface area contributed by atoms with Gasteiger partial charge in [-0.05, 0) is 31.5 Å². The van der Waals surface area contributed by atoms with Crippen LogP contribution in [0.3, 0.4) is 0 Å². The van der Waals surface area contributed by atoms with Gasteiger partial charge in [-0.25, -0.2) is 0 Å². The lowest BCUT2D eigenvalue weighted by Gasteiger charge is -2.38. The Hall–Kier alpha value is -0.933. The van der Waals surface area contributed by atoms with Crippen LogP contribution in [0.4, 0.5) is 0 Å². The maximum absolute atomic E-state index is 12.4. The highest BCUT2D eigenvalue weighted by molar-refractivity contribution is 6.74. The lowest BCUT2D eigenvalue weighted by Crippen LogP contribution is -2.43. The van der Waals surface area contributed by atoms with E-state index in [1.165, 1.54) is 0 Å². The van der Waals surface area contributed by atoms with E-state index in [1.807, 2.05) is 37.3 Å². The van der Waals surface area contributed by atoms with Gasteiger partial charge < -0.3 is 4.43 Å². The van der Waals surface area contributed by atoms with Gasteiger partial charge in [-0.15, -0.1) is 0 Å². The quantitative estimate of drug-likeness (QED) is 0.526. The van der Waals surface area contributed by atoms with Crippen molar-refractivity contribution in [2.45, 2.75) is 65.3 Å². The molecule has 0 fully saturated rings. The molecule has 0 amide bonds. The zero-order chi connectivity index (χ0) is 16.3. The van der Waals surface area contributed by atoms with Crippen molar-refractivity contribution in [3.63, 3.8) is 0 Å². The fourth-order valence-corrected chi connectivity index (χ4v) is 3.68. The number of rotatable bonds is 6. The molecule has 1 rings (SSSR count). The van der Waals surface area contributed by atoms with Gasteiger partial charge in [0.15, 0.2) is 14.1 Å². The number of benzene rings is 1. The van der Waals surface area contributed by atoms with Crippen LogP contribution in [0.15, 0.2) is 30.3 Å². The van der Waals surface area contributed by atoms with Crippen molar-refractivity contribution >= 4 is 14.1 Å². The summed E-state index contributed by atoms with van der Waals surface area (Å²) in [4.78, 5) is 12.4. The second kappa shape index (κ2) is 6.88. The van der Waals surface area contributed by atoms with Crippen molar-refractivity contribution < 1.29 is 9.22 Å². The molecule has 0 saturated carbocycles. The van der Waals surface area contributed by atoms with E-state index in [4.69, 9.17) is 4.43 Å². The molecule has 0 saturated heterocycles. The zero-order valence-corrected chi connectivity index (χ0v) is 15.6. The molecule has 0 aliphatic rings. The topological polar surface area (TPSA) is 26.3 Å². The number of hydrogen-bond donors (Lipinski definition) is 0. The summed E-state index contributed by atoms with van der Waals surface area (Å²) in [7, 11) is -1.76. The maximum atomic E-state index is 12.4. The van der Waals surface area contributed by atoms with Gasteiger partial charge in [-0.2, -0.15) is 0 Å². The molecule has 0 aliphatic heterocycles. The first-order valence-electron chi connectivity index (χ1n) is 7.81. The second-order valence-electron chi connectivity index (χ2n) is 7.56. The Balaban J connectivity index is 2.63. The lowest BCUT2D eigenvalue weighted by molar-refractivity contribution is 0.0875. The minimum absolute atomic E-state index is 0.00725. The first-order chi connectivity index (χ1) is 9.54. The average molecular weight is 307 g/mol. The number of carbonyl (C=O) groups is 1. The molecular weight excluding hydrogens is 276 g/mol. The van der Waals surface area contributed by atoms with Gasteiger partial charge in [-0.3, -0.25) is 4.79 Å². The van der Waals surface area contributed by atoms with Gasteiger partial charge >= 0.3 is 0 Å². The molecule has 0 bridgehead atoms. The molecule has 0 N–H and O–H groups in total. The Kier molecular flexibility index (Phi) is 5.94. The summed E-state index contributed by atoms with van der Waals surface area (Å²) in [5.74, 6) is 0.202. The summed E-state index contributed by atoms with van der Waals surface area (Å²) in [5, 5.41) is 0.202. The Morgan fingerprint density at radius 1 is 1.14 bits per heavy atom. The molecule has 3 heteroatoms. The molecule has 2 atom stereocenters. The van der Waals surface area contributed by atoms with E-state index in [1.54, 1.807) is 0 Å². The van der Waals surface area contributed by atoms with Gasteiger partial charge in [0.25, 0.3) is 0 Å². The van der Waals surface area contributed by atoms with E-state index in [0.717, 1.165) is 12.0 Å². The van der Waals surface area contributed by atoms with E-state index in [-0.39, 0.29) is 22.8 Å². The van der Waals surface area contributed by atoms with E-state index in [0.29, 0.717) is 0 Å². The van der Waals surface area contributed by atoms with Crippen LogP contribution in [0, 0.1) is 5.92 Å². The summed E-state index contributed by atoms with van der Waals surface area (Å²) >= 11 is 0. The number of Topliss-reactive ketones (excluding diaryl/α,β-unsaturated/α-hetero) is 1. The number of hydrogen-bond acceptors (Lipinski definition) is 2. The Morgan fingerprint density at radius 2 is 1.67 bits per heavy atom. The molecule has 1 aromatic carbocycles. The molecule has 0 aliphatic carbocycles. The van der Waals surface area contributed by atoms with Crippen molar-refractivity contribution in [2.24, 2.45) is 5.92 Å². The summed E-state index contributed by atoms with van der Waals surface area (Å²) < 4.78 is 6.35. The van der Waals surface area contributed by atoms with Crippen LogP contribution in [0.5, 0.6) is 0 Å². The number of carbonyl (C=O) groups excluding carboxylic acids is 1. The van der Waals surface area contributed by atoms with Crippen molar-refractivity contribution in [2.75, 3.05) is 0 Å². The van der Waals surface area contributed by atoms with Crippen LogP contribution in [0.2, 0.25) is 18.1 Å². The minimum atomic E-state index is -1.76. The van der Waals surface area contributed by atoms with Gasteiger partial charge in [0.2, 0.25) is 0 Å². The number of ketones is 1. The molecule has 0 heterocycles. The molecule has 0 radical (unpaired) electrons. The standard InChI is InChI=1S/C18H30O2Si/c1-14(17(19)16-11-9-8-10-12-16)13-15(2)20-21(6,7)18(3,4)5/h8-12,14-15H,13H2,1-7H3/t14-,15-/m1/s1. The fourth-order valence-electron chi connectivity index (χ4n) is 2.22. The molecule has 0 unspecified atom stereocenters. The van der Waals surface area contributed by atoms with Crippen LogP contribution in [-0.4, -0.2) is 20.2 Å². The average Bonchev–Trinajstić information content (AvgIpc) is 2.36. The highest BCUT2D eigenvalue weighted by atomic mass is 28.4. The first-order valence-corrected chi connectivity index (χ1v) is 10.7. The Labute approximate surface area is 131 Å². The third kappa shape index (κ3) is 5.08. The minimum Gasteiger partial charge on any atom is -0.414 e. The smallest absolute Gasteiger partial charge is 0.192 e. The van der Waals surface area contributed by atoms with E-state index >= 15 is 0 Å². The summed E-state index contributed by atoms with van der Waals surface area (Å²) in [6, 6.07) is 9.53. The first kappa shape index (κ1) is 18.1. The van der Waals surface area contributed by atoms with Crippen molar-refractivity contribution in [1.82, 2.24) is 0 Å². The van der Waals surface area contributed by atoms with Crippen LogP contribution >= 0.6 is 0 Å². The normalized spacial score (nSPS) is 15.6. The predicted molar refractivity (Wildman–Crippen MR) is 92.3 cm³/mol. The maximum Gasteiger partial charge on any atom is 0.192 e. The van der Waals surface area contributed by atoms with E-state index in [9.17, 15) is 4.79 Å². The largest absolute Gasteiger partial charge is 0.414 e. The van der Waals surface area contributed by atoms with Gasteiger partial charge in [0.1, 0.15) is 0 Å². The molecule has 118 valence electrons. The predicted octanol–water partition coefficient (Wildman–Crippen LogP) is 5.31. The van der Waals surface area contributed by atoms with Crippen molar-refractivity contribution in [3.05, 3.63) is 35.9 Å². The monoisotopic (exact) mass is 306 g/mol. The Morgan fingerprint density at radius 3 is 2.14 bits per heavy atom. The SMILES string of the molecule is C[C@H](C[C@@H](C)C(=O)c1ccccc1)O[Si](C)(C)C(C)(C)C. The lowest BCUT2D eigenvalue weighted by atomic mass is 9.94. The molecule has 0 spiro atoms. The highest BCUT2D eigenvalue weighted by Gasteiger charge is 2.38.